The molecule has 24 heavy (non-hydrogen) atoms. The summed E-state index contributed by atoms with van der Waals surface area (Å²) in [5, 5.41) is 14.7. The zero-order valence-electron chi connectivity index (χ0n) is 13.9. The van der Waals surface area contributed by atoms with E-state index in [4.69, 9.17) is 11.6 Å². The van der Waals surface area contributed by atoms with Crippen molar-refractivity contribution in [2.45, 2.75) is 45.3 Å². The first-order chi connectivity index (χ1) is 11.5. The van der Waals surface area contributed by atoms with Gasteiger partial charge in [0.05, 0.1) is 16.8 Å². The van der Waals surface area contributed by atoms with E-state index in [1.807, 2.05) is 30.0 Å². The fourth-order valence-corrected chi connectivity index (χ4v) is 3.55. The van der Waals surface area contributed by atoms with Crippen LogP contribution < -0.4 is 0 Å². The third-order valence-electron chi connectivity index (χ3n) is 4.44. The van der Waals surface area contributed by atoms with Gasteiger partial charge in [-0.25, -0.2) is 4.68 Å². The highest BCUT2D eigenvalue weighted by molar-refractivity contribution is 6.32. The molecule has 1 amide bonds. The summed E-state index contributed by atoms with van der Waals surface area (Å²) in [5.41, 5.74) is 2.04. The summed E-state index contributed by atoms with van der Waals surface area (Å²) in [6.07, 6.45) is 2.09. The second-order valence-corrected chi connectivity index (χ2v) is 6.82. The van der Waals surface area contributed by atoms with Gasteiger partial charge in [-0.1, -0.05) is 23.7 Å². The minimum absolute atomic E-state index is 0.0768. The number of likely N-dealkylation sites (tertiary alicyclic amines) is 1. The van der Waals surface area contributed by atoms with E-state index < -0.39 is 6.10 Å². The van der Waals surface area contributed by atoms with Crippen molar-refractivity contribution >= 4 is 17.5 Å². The summed E-state index contributed by atoms with van der Waals surface area (Å²) >= 11 is 6.24. The highest BCUT2D eigenvalue weighted by Gasteiger charge is 2.31. The van der Waals surface area contributed by atoms with E-state index in [-0.39, 0.29) is 11.9 Å². The van der Waals surface area contributed by atoms with Crippen LogP contribution in [0, 0.1) is 6.92 Å². The summed E-state index contributed by atoms with van der Waals surface area (Å²) in [5.74, 6) is -0.0768. The zero-order valence-corrected chi connectivity index (χ0v) is 14.7. The summed E-state index contributed by atoms with van der Waals surface area (Å²) < 4.78 is 1.70. The summed E-state index contributed by atoms with van der Waals surface area (Å²) in [6, 6.07) is 9.32. The lowest BCUT2D eigenvalue weighted by molar-refractivity contribution is 0.0676. The van der Waals surface area contributed by atoms with Gasteiger partial charge in [-0.2, -0.15) is 5.10 Å². The molecule has 3 rings (SSSR count). The number of rotatable bonds is 4. The van der Waals surface area contributed by atoms with Crippen LogP contribution >= 0.6 is 11.6 Å². The summed E-state index contributed by atoms with van der Waals surface area (Å²) in [6.45, 7) is 4.38. The predicted octanol–water partition coefficient (Wildman–Crippen LogP) is 3.21. The van der Waals surface area contributed by atoms with Crippen molar-refractivity contribution in [1.82, 2.24) is 14.7 Å². The number of benzene rings is 1. The number of aromatic nitrogens is 2. The van der Waals surface area contributed by atoms with Crippen LogP contribution in [-0.4, -0.2) is 44.4 Å². The maximum absolute atomic E-state index is 12.9. The quantitative estimate of drug-likeness (QED) is 0.923. The number of nitrogens with zero attached hydrogens (tertiary/aromatic N) is 3. The number of carbonyl (C=O) groups excluding carboxylic acids is 1. The zero-order chi connectivity index (χ0) is 17.3. The van der Waals surface area contributed by atoms with Crippen molar-refractivity contribution in [3.8, 4) is 5.69 Å². The fraction of sp³-hybridized carbons (Fsp3) is 0.444. The smallest absolute Gasteiger partial charge is 0.274 e. The summed E-state index contributed by atoms with van der Waals surface area (Å²) in [7, 11) is 0. The largest absolute Gasteiger partial charge is 0.393 e. The van der Waals surface area contributed by atoms with E-state index >= 15 is 0 Å². The van der Waals surface area contributed by atoms with Crippen molar-refractivity contribution in [2.24, 2.45) is 0 Å². The molecule has 1 fully saturated rings. The molecule has 2 aromatic rings. The van der Waals surface area contributed by atoms with Crippen LogP contribution in [0.2, 0.25) is 5.02 Å². The van der Waals surface area contributed by atoms with Gasteiger partial charge in [0.2, 0.25) is 0 Å². The van der Waals surface area contributed by atoms with E-state index in [0.29, 0.717) is 23.7 Å². The predicted molar refractivity (Wildman–Crippen MR) is 93.7 cm³/mol. The Morgan fingerprint density at radius 2 is 2.21 bits per heavy atom. The molecule has 2 atom stereocenters. The van der Waals surface area contributed by atoms with Crippen molar-refractivity contribution in [1.29, 1.82) is 0 Å². The number of aryl methyl sites for hydroxylation is 1. The van der Waals surface area contributed by atoms with Gasteiger partial charge in [0.25, 0.3) is 5.91 Å². The topological polar surface area (TPSA) is 58.4 Å². The van der Waals surface area contributed by atoms with Gasteiger partial charge in [-0.15, -0.1) is 0 Å². The fourth-order valence-electron chi connectivity index (χ4n) is 3.34. The number of aliphatic hydroxyl groups is 1. The Bertz CT molecular complexity index is 742. The Labute approximate surface area is 146 Å². The Morgan fingerprint density at radius 3 is 2.92 bits per heavy atom. The summed E-state index contributed by atoms with van der Waals surface area (Å²) in [4.78, 5) is 14.7. The Kier molecular flexibility index (Phi) is 4.92. The highest BCUT2D eigenvalue weighted by Crippen LogP contribution is 2.25. The lowest BCUT2D eigenvalue weighted by Gasteiger charge is -2.24. The number of aliphatic hydroxyl groups excluding tert-OH is 1. The van der Waals surface area contributed by atoms with Crippen molar-refractivity contribution < 1.29 is 9.90 Å². The van der Waals surface area contributed by atoms with Crippen molar-refractivity contribution in [3.63, 3.8) is 0 Å². The molecule has 1 aliphatic rings. The van der Waals surface area contributed by atoms with E-state index in [1.165, 1.54) is 0 Å². The van der Waals surface area contributed by atoms with Crippen LogP contribution in [0.3, 0.4) is 0 Å². The molecule has 0 saturated carbocycles. The normalized spacial score (nSPS) is 18.8. The van der Waals surface area contributed by atoms with Crippen molar-refractivity contribution in [3.05, 3.63) is 46.7 Å². The average molecular weight is 348 g/mol. The second kappa shape index (κ2) is 6.95. The third-order valence-corrected chi connectivity index (χ3v) is 4.76. The number of amides is 1. The second-order valence-electron chi connectivity index (χ2n) is 6.41. The molecule has 2 unspecified atom stereocenters. The number of carbonyl (C=O) groups is 1. The number of hydrogen-bond acceptors (Lipinski definition) is 3. The van der Waals surface area contributed by atoms with Gasteiger partial charge in [0.1, 0.15) is 0 Å². The van der Waals surface area contributed by atoms with Gasteiger partial charge in [0.15, 0.2) is 5.69 Å². The molecule has 6 heteroatoms. The molecule has 0 aliphatic carbocycles. The van der Waals surface area contributed by atoms with Gasteiger partial charge in [0, 0.05) is 18.3 Å². The van der Waals surface area contributed by atoms with E-state index in [1.54, 1.807) is 23.7 Å². The van der Waals surface area contributed by atoms with E-state index in [0.717, 1.165) is 24.2 Å². The standard InChI is InChI=1S/C18H22ClN3O2/c1-12-10-16(20-22(12)17-8-4-3-7-15(17)19)18(24)21-9-5-6-14(21)11-13(2)23/h3-4,7-8,10,13-14,23H,5-6,9,11H2,1-2H3. The first-order valence-electron chi connectivity index (χ1n) is 8.28. The van der Waals surface area contributed by atoms with Gasteiger partial charge in [-0.3, -0.25) is 4.79 Å². The van der Waals surface area contributed by atoms with Crippen LogP contribution in [0.5, 0.6) is 0 Å². The average Bonchev–Trinajstić information content (AvgIpc) is 3.13. The molecule has 2 heterocycles. The molecule has 128 valence electrons. The van der Waals surface area contributed by atoms with Gasteiger partial charge >= 0.3 is 0 Å². The monoisotopic (exact) mass is 347 g/mol. The molecule has 0 bridgehead atoms. The van der Waals surface area contributed by atoms with Crippen molar-refractivity contribution in [2.75, 3.05) is 6.54 Å². The maximum Gasteiger partial charge on any atom is 0.274 e. The molecule has 1 aromatic carbocycles. The highest BCUT2D eigenvalue weighted by atomic mass is 35.5. The van der Waals surface area contributed by atoms with Crippen LogP contribution in [0.25, 0.3) is 5.69 Å². The van der Waals surface area contributed by atoms with Crippen LogP contribution in [0.4, 0.5) is 0 Å². The Balaban J connectivity index is 1.87. The Morgan fingerprint density at radius 1 is 1.46 bits per heavy atom. The van der Waals surface area contributed by atoms with Gasteiger partial charge < -0.3 is 10.0 Å². The number of halogens is 1. The molecule has 1 saturated heterocycles. The molecular weight excluding hydrogens is 326 g/mol. The molecule has 0 radical (unpaired) electrons. The number of hydrogen-bond donors (Lipinski definition) is 1. The van der Waals surface area contributed by atoms with E-state index in [2.05, 4.69) is 5.10 Å². The first-order valence-corrected chi connectivity index (χ1v) is 8.65. The minimum Gasteiger partial charge on any atom is -0.393 e. The molecule has 0 spiro atoms. The van der Waals surface area contributed by atoms with Gasteiger partial charge in [-0.05, 0) is 51.3 Å². The minimum atomic E-state index is -0.411. The SMILES string of the molecule is Cc1cc(C(=O)N2CCCC2CC(C)O)nn1-c1ccccc1Cl. The maximum atomic E-state index is 12.9. The lowest BCUT2D eigenvalue weighted by Crippen LogP contribution is -2.37. The molecular formula is C18H22ClN3O2. The van der Waals surface area contributed by atoms with E-state index in [9.17, 15) is 9.90 Å². The Hall–Kier alpha value is -1.85. The number of para-hydroxylation sites is 1. The van der Waals surface area contributed by atoms with Crippen LogP contribution in [0.15, 0.2) is 30.3 Å². The van der Waals surface area contributed by atoms with Crippen LogP contribution in [0.1, 0.15) is 42.4 Å². The third kappa shape index (κ3) is 3.32. The first kappa shape index (κ1) is 17.0. The molecule has 1 aliphatic heterocycles. The lowest BCUT2D eigenvalue weighted by atomic mass is 10.1. The van der Waals surface area contributed by atoms with Crippen LogP contribution in [-0.2, 0) is 0 Å². The molecule has 5 nitrogen and oxygen atoms in total. The molecule has 1 aromatic heterocycles. The molecule has 1 N–H and O–H groups in total.